The second kappa shape index (κ2) is 6.79. The van der Waals surface area contributed by atoms with Crippen molar-refractivity contribution in [2.24, 2.45) is 0 Å². The number of ketones is 1. The molecule has 1 aliphatic carbocycles. The normalized spacial score (nSPS) is 17.3. The van der Waals surface area contributed by atoms with Crippen LogP contribution in [-0.4, -0.2) is 28.7 Å². The Balaban J connectivity index is 1.66. The minimum Gasteiger partial charge on any atom is -0.357 e. The Labute approximate surface area is 154 Å². The number of benzene rings is 1. The molecule has 1 fully saturated rings. The van der Waals surface area contributed by atoms with Crippen molar-refractivity contribution in [3.63, 3.8) is 0 Å². The van der Waals surface area contributed by atoms with E-state index in [-0.39, 0.29) is 0 Å². The quantitative estimate of drug-likeness (QED) is 0.783. The molecule has 4 nitrogen and oxygen atoms in total. The molecule has 0 radical (unpaired) electrons. The average Bonchev–Trinajstić information content (AvgIpc) is 2.97. The van der Waals surface area contributed by atoms with Crippen LogP contribution in [0.5, 0.6) is 0 Å². The molecule has 4 rings (SSSR count). The van der Waals surface area contributed by atoms with Crippen LogP contribution in [0.3, 0.4) is 0 Å². The van der Waals surface area contributed by atoms with Crippen molar-refractivity contribution in [3.8, 4) is 5.69 Å². The summed E-state index contributed by atoms with van der Waals surface area (Å²) in [6.07, 6.45) is 11.4. The molecule has 0 amide bonds. The Hall–Kier alpha value is -2.88. The highest BCUT2D eigenvalue weighted by molar-refractivity contribution is 5.95. The van der Waals surface area contributed by atoms with Gasteiger partial charge in [-0.2, -0.15) is 5.10 Å². The smallest absolute Gasteiger partial charge is 0.171 e. The number of allylic oxidation sites excluding steroid dienone is 5. The highest BCUT2D eigenvalue weighted by Gasteiger charge is 2.23. The maximum Gasteiger partial charge on any atom is 0.171 e. The lowest BCUT2D eigenvalue weighted by molar-refractivity contribution is -0.119. The van der Waals surface area contributed by atoms with E-state index in [4.69, 9.17) is 5.10 Å². The van der Waals surface area contributed by atoms with Gasteiger partial charge in [-0.25, -0.2) is 4.68 Å². The van der Waals surface area contributed by atoms with Crippen molar-refractivity contribution in [2.75, 3.05) is 18.0 Å². The lowest BCUT2D eigenvalue weighted by Crippen LogP contribution is -2.47. The lowest BCUT2D eigenvalue weighted by atomic mass is 10.0. The molecule has 2 heterocycles. The van der Waals surface area contributed by atoms with Gasteiger partial charge in [-0.1, -0.05) is 30.4 Å². The van der Waals surface area contributed by atoms with E-state index in [9.17, 15) is 4.79 Å². The van der Waals surface area contributed by atoms with E-state index in [1.165, 1.54) is 16.7 Å². The fraction of sp³-hybridized carbons (Fsp3) is 0.273. The van der Waals surface area contributed by atoms with Crippen LogP contribution >= 0.6 is 0 Å². The number of rotatable bonds is 4. The van der Waals surface area contributed by atoms with Crippen molar-refractivity contribution in [2.45, 2.75) is 26.2 Å². The molecule has 2 aromatic rings. The molecule has 0 saturated carbocycles. The number of fused-ring (bicyclic) bond motifs is 1. The SMILES string of the molecule is C=C/C=C\C1=C(C)CCCc2cn(-c3ccc(N4CC(=O)C4)cc3)nc21. The molecule has 1 aromatic carbocycles. The Morgan fingerprint density at radius 3 is 2.54 bits per heavy atom. The van der Waals surface area contributed by atoms with Crippen LogP contribution in [0.1, 0.15) is 31.0 Å². The highest BCUT2D eigenvalue weighted by atomic mass is 16.1. The molecule has 4 heteroatoms. The minimum atomic E-state index is 0.298. The van der Waals surface area contributed by atoms with Gasteiger partial charge in [0.1, 0.15) is 0 Å². The monoisotopic (exact) mass is 345 g/mol. The van der Waals surface area contributed by atoms with Gasteiger partial charge in [-0.05, 0) is 56.0 Å². The van der Waals surface area contributed by atoms with Crippen LogP contribution in [0.15, 0.2) is 60.8 Å². The third kappa shape index (κ3) is 3.03. The van der Waals surface area contributed by atoms with Gasteiger partial charge in [-0.15, -0.1) is 0 Å². The Morgan fingerprint density at radius 2 is 1.85 bits per heavy atom. The van der Waals surface area contributed by atoms with Crippen molar-refractivity contribution in [1.82, 2.24) is 9.78 Å². The molecule has 0 N–H and O–H groups in total. The fourth-order valence-electron chi connectivity index (χ4n) is 3.60. The van der Waals surface area contributed by atoms with Crippen molar-refractivity contribution >= 4 is 17.0 Å². The number of hydrogen-bond donors (Lipinski definition) is 0. The largest absolute Gasteiger partial charge is 0.357 e. The lowest BCUT2D eigenvalue weighted by Gasteiger charge is -2.31. The summed E-state index contributed by atoms with van der Waals surface area (Å²) in [6.45, 7) is 7.03. The molecule has 1 saturated heterocycles. The summed E-state index contributed by atoms with van der Waals surface area (Å²) in [6, 6.07) is 8.27. The summed E-state index contributed by atoms with van der Waals surface area (Å²) >= 11 is 0. The number of carbonyl (C=O) groups excluding carboxylic acids is 1. The van der Waals surface area contributed by atoms with E-state index in [1.54, 1.807) is 6.08 Å². The summed E-state index contributed by atoms with van der Waals surface area (Å²) < 4.78 is 1.97. The van der Waals surface area contributed by atoms with E-state index in [0.717, 1.165) is 36.3 Å². The number of hydrogen-bond acceptors (Lipinski definition) is 3. The maximum absolute atomic E-state index is 11.2. The first-order chi connectivity index (χ1) is 12.7. The second-order valence-corrected chi connectivity index (χ2v) is 7.00. The first-order valence-corrected chi connectivity index (χ1v) is 9.10. The first-order valence-electron chi connectivity index (χ1n) is 9.10. The van der Waals surface area contributed by atoms with Crippen LogP contribution in [0, 0.1) is 0 Å². The molecule has 0 atom stereocenters. The van der Waals surface area contributed by atoms with Crippen LogP contribution in [-0.2, 0) is 11.2 Å². The van der Waals surface area contributed by atoms with E-state index < -0.39 is 0 Å². The molecule has 132 valence electrons. The van der Waals surface area contributed by atoms with E-state index in [1.807, 2.05) is 10.8 Å². The van der Waals surface area contributed by atoms with Gasteiger partial charge in [-0.3, -0.25) is 4.79 Å². The third-order valence-corrected chi connectivity index (χ3v) is 5.12. The zero-order valence-electron chi connectivity index (χ0n) is 15.1. The average molecular weight is 345 g/mol. The predicted octanol–water partition coefficient (Wildman–Crippen LogP) is 4.11. The molecule has 26 heavy (non-hydrogen) atoms. The number of nitrogens with zero attached hydrogens (tertiary/aromatic N) is 3. The van der Waals surface area contributed by atoms with E-state index in [0.29, 0.717) is 18.9 Å². The van der Waals surface area contributed by atoms with Crippen LogP contribution in [0.25, 0.3) is 11.3 Å². The summed E-state index contributed by atoms with van der Waals surface area (Å²) in [5.41, 5.74) is 7.10. The minimum absolute atomic E-state index is 0.298. The summed E-state index contributed by atoms with van der Waals surface area (Å²) in [5.74, 6) is 0.298. The first kappa shape index (κ1) is 16.6. The summed E-state index contributed by atoms with van der Waals surface area (Å²) in [7, 11) is 0. The molecule has 0 spiro atoms. The highest BCUT2D eigenvalue weighted by Crippen LogP contribution is 2.31. The Morgan fingerprint density at radius 1 is 1.12 bits per heavy atom. The molecular weight excluding hydrogens is 322 g/mol. The Kier molecular flexibility index (Phi) is 4.33. The van der Waals surface area contributed by atoms with Crippen molar-refractivity contribution in [1.29, 1.82) is 0 Å². The second-order valence-electron chi connectivity index (χ2n) is 7.00. The van der Waals surface area contributed by atoms with Gasteiger partial charge >= 0.3 is 0 Å². The number of anilines is 1. The van der Waals surface area contributed by atoms with Gasteiger partial charge in [0.25, 0.3) is 0 Å². The predicted molar refractivity (Wildman–Crippen MR) is 106 cm³/mol. The van der Waals surface area contributed by atoms with Gasteiger partial charge in [0.15, 0.2) is 5.78 Å². The Bertz CT molecular complexity index is 907. The van der Waals surface area contributed by atoms with Gasteiger partial charge in [0.05, 0.1) is 24.5 Å². The number of aryl methyl sites for hydroxylation is 1. The van der Waals surface area contributed by atoms with Crippen molar-refractivity contribution < 1.29 is 4.79 Å². The molecule has 0 bridgehead atoms. The fourth-order valence-corrected chi connectivity index (χ4v) is 3.60. The van der Waals surface area contributed by atoms with Crippen LogP contribution < -0.4 is 4.90 Å². The number of aromatic nitrogens is 2. The maximum atomic E-state index is 11.2. The van der Waals surface area contributed by atoms with Gasteiger partial charge in [0.2, 0.25) is 0 Å². The molecule has 1 aromatic heterocycles. The summed E-state index contributed by atoms with van der Waals surface area (Å²) in [4.78, 5) is 13.3. The van der Waals surface area contributed by atoms with Crippen LogP contribution in [0.2, 0.25) is 0 Å². The van der Waals surface area contributed by atoms with E-state index in [2.05, 4.69) is 54.9 Å². The molecule has 1 aliphatic heterocycles. The molecule has 0 unspecified atom stereocenters. The van der Waals surface area contributed by atoms with Gasteiger partial charge in [0, 0.05) is 17.5 Å². The molecule has 2 aliphatic rings. The topological polar surface area (TPSA) is 38.1 Å². The number of Topliss-reactive ketones (excluding diaryl/α,β-unsaturated/α-hetero) is 1. The van der Waals surface area contributed by atoms with E-state index >= 15 is 0 Å². The number of carbonyl (C=O) groups is 1. The zero-order valence-corrected chi connectivity index (χ0v) is 15.1. The van der Waals surface area contributed by atoms with Gasteiger partial charge < -0.3 is 4.90 Å². The van der Waals surface area contributed by atoms with Crippen molar-refractivity contribution in [3.05, 3.63) is 72.1 Å². The molecular formula is C22H23N3O. The third-order valence-electron chi connectivity index (χ3n) is 5.12. The summed E-state index contributed by atoms with van der Waals surface area (Å²) in [5, 5.41) is 4.89. The standard InChI is InChI=1S/C22H23N3O/c1-3-4-8-21-16(2)6-5-7-17-13-25(23-22(17)21)19-11-9-18(10-12-19)24-14-20(26)15-24/h3-4,8-13H,1,5-7,14-15H2,2H3/b8-4-. The zero-order chi connectivity index (χ0) is 18.1. The van der Waals surface area contributed by atoms with Crippen LogP contribution in [0.4, 0.5) is 5.69 Å².